The summed E-state index contributed by atoms with van der Waals surface area (Å²) in [5, 5.41) is 3.78. The van der Waals surface area contributed by atoms with Crippen LogP contribution in [0.15, 0.2) is 24.3 Å². The normalized spacial score (nSPS) is 13.8. The highest BCUT2D eigenvalue weighted by atomic mass is 19.4. The van der Waals surface area contributed by atoms with Crippen molar-refractivity contribution in [3.63, 3.8) is 0 Å². The number of anilines is 1. The molecule has 0 aliphatic rings. The largest absolute Gasteiger partial charge is 0.462 e. The van der Waals surface area contributed by atoms with Gasteiger partial charge in [0.2, 0.25) is 0 Å². The first-order valence-electron chi connectivity index (χ1n) is 7.20. The van der Waals surface area contributed by atoms with E-state index in [4.69, 9.17) is 0 Å². The van der Waals surface area contributed by atoms with E-state index in [0.29, 0.717) is 0 Å². The molecule has 2 N–H and O–H groups in total. The topological polar surface area (TPSA) is 76.7 Å². The fourth-order valence-corrected chi connectivity index (χ4v) is 1.91. The lowest BCUT2D eigenvalue weighted by Crippen LogP contribution is -2.67. The van der Waals surface area contributed by atoms with Crippen LogP contribution < -0.4 is 10.6 Å². The van der Waals surface area contributed by atoms with E-state index in [9.17, 15) is 22.8 Å². The molecule has 0 saturated heterocycles. The van der Waals surface area contributed by atoms with Gasteiger partial charge in [0.25, 0.3) is 0 Å². The van der Waals surface area contributed by atoms with Crippen LogP contribution in [0.25, 0.3) is 0 Å². The highest BCUT2D eigenvalue weighted by molar-refractivity contribution is 5.94. The molecular weight excluding hydrogens is 329 g/mol. The third-order valence-electron chi connectivity index (χ3n) is 2.89. The Morgan fingerprint density at radius 1 is 1.17 bits per heavy atom. The third-order valence-corrected chi connectivity index (χ3v) is 2.89. The zero-order valence-corrected chi connectivity index (χ0v) is 13.5. The van der Waals surface area contributed by atoms with E-state index in [-0.39, 0.29) is 12.3 Å². The van der Waals surface area contributed by atoms with Crippen molar-refractivity contribution < 1.29 is 32.2 Å². The molecule has 24 heavy (non-hydrogen) atoms. The summed E-state index contributed by atoms with van der Waals surface area (Å²) in [6.07, 6.45) is -5.21. The summed E-state index contributed by atoms with van der Waals surface area (Å²) in [4.78, 5) is 23.8. The van der Waals surface area contributed by atoms with Crippen LogP contribution in [0.5, 0.6) is 0 Å². The quantitative estimate of drug-likeness (QED) is 0.612. The first-order chi connectivity index (χ1) is 11.2. The standard InChI is InChI=1S/C15H19F3N2O4/c1-4-23-12(21)14(24-5-2,15(16,17)18)20-13(22)19-11-8-6-7-10(3)9-11/h6-9H,4-5H2,1-3H3,(H2,19,20,22). The molecule has 0 bridgehead atoms. The Hall–Kier alpha value is -2.29. The highest BCUT2D eigenvalue weighted by Crippen LogP contribution is 2.33. The van der Waals surface area contributed by atoms with Crippen molar-refractivity contribution in [2.24, 2.45) is 0 Å². The van der Waals surface area contributed by atoms with Crippen molar-refractivity contribution in [2.75, 3.05) is 18.5 Å². The lowest BCUT2D eigenvalue weighted by atomic mass is 10.2. The number of amides is 2. The number of esters is 1. The highest BCUT2D eigenvalue weighted by Gasteiger charge is 2.64. The molecule has 0 spiro atoms. The van der Waals surface area contributed by atoms with Crippen molar-refractivity contribution in [1.82, 2.24) is 5.32 Å². The summed E-state index contributed by atoms with van der Waals surface area (Å²) < 4.78 is 49.3. The second-order valence-electron chi connectivity index (χ2n) is 4.78. The number of hydrogen-bond donors (Lipinski definition) is 2. The van der Waals surface area contributed by atoms with Crippen molar-refractivity contribution in [3.05, 3.63) is 29.8 Å². The van der Waals surface area contributed by atoms with Crippen molar-refractivity contribution in [1.29, 1.82) is 0 Å². The predicted octanol–water partition coefficient (Wildman–Crippen LogP) is 2.97. The van der Waals surface area contributed by atoms with Crippen LogP contribution in [0.2, 0.25) is 0 Å². The maximum atomic E-state index is 13.4. The Morgan fingerprint density at radius 3 is 2.33 bits per heavy atom. The molecule has 0 aliphatic heterocycles. The van der Waals surface area contributed by atoms with E-state index >= 15 is 0 Å². The van der Waals surface area contributed by atoms with Crippen molar-refractivity contribution in [3.8, 4) is 0 Å². The molecular formula is C15H19F3N2O4. The minimum absolute atomic E-state index is 0.268. The first-order valence-corrected chi connectivity index (χ1v) is 7.20. The monoisotopic (exact) mass is 348 g/mol. The van der Waals surface area contributed by atoms with Gasteiger partial charge in [0, 0.05) is 12.3 Å². The molecule has 0 radical (unpaired) electrons. The van der Waals surface area contributed by atoms with Gasteiger partial charge in [0.1, 0.15) is 0 Å². The Morgan fingerprint density at radius 2 is 1.83 bits per heavy atom. The van der Waals surface area contributed by atoms with E-state index in [2.05, 4.69) is 14.8 Å². The van der Waals surface area contributed by atoms with Crippen molar-refractivity contribution in [2.45, 2.75) is 32.7 Å². The van der Waals surface area contributed by atoms with Gasteiger partial charge in [0.15, 0.2) is 0 Å². The molecule has 6 nitrogen and oxygen atoms in total. The summed E-state index contributed by atoms with van der Waals surface area (Å²) in [6, 6.07) is 5.17. The average Bonchev–Trinajstić information content (AvgIpc) is 2.45. The summed E-state index contributed by atoms with van der Waals surface area (Å²) >= 11 is 0. The number of aryl methyl sites for hydroxylation is 1. The third kappa shape index (κ3) is 4.60. The average molecular weight is 348 g/mol. The van der Waals surface area contributed by atoms with Gasteiger partial charge in [-0.2, -0.15) is 13.2 Å². The van der Waals surface area contributed by atoms with E-state index in [1.54, 1.807) is 30.4 Å². The van der Waals surface area contributed by atoms with E-state index < -0.39 is 30.5 Å². The molecule has 0 aliphatic carbocycles. The number of rotatable bonds is 6. The van der Waals surface area contributed by atoms with Gasteiger partial charge in [-0.1, -0.05) is 12.1 Å². The maximum Gasteiger partial charge on any atom is 0.448 e. The second kappa shape index (κ2) is 8.00. The lowest BCUT2D eigenvalue weighted by Gasteiger charge is -2.33. The number of carbonyl (C=O) groups is 2. The Balaban J connectivity index is 3.06. The summed E-state index contributed by atoms with van der Waals surface area (Å²) in [5.74, 6) is -1.74. The van der Waals surface area contributed by atoms with E-state index in [1.165, 1.54) is 19.9 Å². The Labute approximate surface area is 137 Å². The van der Waals surface area contributed by atoms with Gasteiger partial charge in [-0.25, -0.2) is 9.59 Å². The lowest BCUT2D eigenvalue weighted by molar-refractivity contribution is -0.282. The summed E-state index contributed by atoms with van der Waals surface area (Å²) in [7, 11) is 0. The van der Waals surface area contributed by atoms with Crippen LogP contribution in [0, 0.1) is 6.92 Å². The molecule has 0 heterocycles. The fraction of sp³-hybridized carbons (Fsp3) is 0.467. The zero-order chi connectivity index (χ0) is 18.4. The number of nitrogens with one attached hydrogen (secondary N) is 2. The van der Waals surface area contributed by atoms with Crippen LogP contribution in [0.3, 0.4) is 0 Å². The van der Waals surface area contributed by atoms with Crippen LogP contribution in [-0.4, -0.2) is 37.1 Å². The van der Waals surface area contributed by atoms with Gasteiger partial charge in [-0.05, 0) is 38.5 Å². The van der Waals surface area contributed by atoms with Crippen LogP contribution in [-0.2, 0) is 14.3 Å². The van der Waals surface area contributed by atoms with Gasteiger partial charge in [-0.3, -0.25) is 5.32 Å². The molecule has 134 valence electrons. The molecule has 1 aromatic rings. The molecule has 0 saturated carbocycles. The van der Waals surface area contributed by atoms with Crippen molar-refractivity contribution >= 4 is 17.7 Å². The number of ether oxygens (including phenoxy) is 2. The number of hydrogen-bond acceptors (Lipinski definition) is 4. The predicted molar refractivity (Wildman–Crippen MR) is 80.4 cm³/mol. The molecule has 0 fully saturated rings. The number of alkyl halides is 3. The maximum absolute atomic E-state index is 13.4. The number of carbonyl (C=O) groups excluding carboxylic acids is 2. The van der Waals surface area contributed by atoms with Gasteiger partial charge in [0.05, 0.1) is 6.61 Å². The van der Waals surface area contributed by atoms with E-state index in [0.717, 1.165) is 5.56 Å². The molecule has 2 amide bonds. The van der Waals surface area contributed by atoms with Crippen LogP contribution in [0.4, 0.5) is 23.7 Å². The molecule has 0 aromatic heterocycles. The minimum Gasteiger partial charge on any atom is -0.462 e. The number of halogens is 3. The number of benzene rings is 1. The molecule has 9 heteroatoms. The molecule has 1 aromatic carbocycles. The van der Waals surface area contributed by atoms with E-state index in [1.807, 2.05) is 0 Å². The SMILES string of the molecule is CCOC(=O)C(NC(=O)Nc1cccc(C)c1)(OCC)C(F)(F)F. The second-order valence-corrected chi connectivity index (χ2v) is 4.78. The number of urea groups is 1. The summed E-state index contributed by atoms with van der Waals surface area (Å²) in [5.41, 5.74) is -2.51. The first kappa shape index (κ1) is 19.8. The summed E-state index contributed by atoms with van der Waals surface area (Å²) in [6.45, 7) is 3.59. The molecule has 1 rings (SSSR count). The Kier molecular flexibility index (Phi) is 6.59. The fourth-order valence-electron chi connectivity index (χ4n) is 1.91. The zero-order valence-electron chi connectivity index (χ0n) is 13.5. The van der Waals surface area contributed by atoms with Gasteiger partial charge in [-0.15, -0.1) is 0 Å². The van der Waals surface area contributed by atoms with Gasteiger partial charge >= 0.3 is 23.9 Å². The minimum atomic E-state index is -5.21. The van der Waals surface area contributed by atoms with Crippen LogP contribution in [0.1, 0.15) is 19.4 Å². The van der Waals surface area contributed by atoms with Gasteiger partial charge < -0.3 is 14.8 Å². The smallest absolute Gasteiger partial charge is 0.448 e. The molecule has 1 unspecified atom stereocenters. The van der Waals surface area contributed by atoms with Crippen LogP contribution >= 0.6 is 0 Å². The Bertz CT molecular complexity index is 592. The molecule has 1 atom stereocenters.